The standard InChI is InChI=1S/C56H36N2.2C3H6/c1-5-16-53-45(12-1)46-13-2-6-17-54(46)57(53)43-26-24-41-29-39-22-20-37(31-49(39)51(41)33-43)35-10-9-11-36(28-35)38-21-23-40-30-42-25-27-44(34-52(42)50(40)32-38)58-55-18-7-3-14-47(55)48-15-4-8-19-56(48)58;2*1-3-2/h1-28,31-34H,29-30H2;2*3H,1H2,2H3. The van der Waals surface area contributed by atoms with Gasteiger partial charge in [-0.25, -0.2) is 0 Å². The Morgan fingerprint density at radius 1 is 0.328 bits per heavy atom. The van der Waals surface area contributed by atoms with Crippen molar-refractivity contribution >= 4 is 43.6 Å². The molecule has 0 saturated carbocycles. The van der Waals surface area contributed by atoms with Crippen molar-refractivity contribution < 1.29 is 0 Å². The van der Waals surface area contributed by atoms with Crippen molar-refractivity contribution in [3.8, 4) is 55.9 Å². The summed E-state index contributed by atoms with van der Waals surface area (Å²) in [6.07, 6.45) is 5.43. The van der Waals surface area contributed by atoms with Crippen LogP contribution in [0.2, 0.25) is 0 Å². The van der Waals surface area contributed by atoms with E-state index in [2.05, 4.69) is 216 Å². The van der Waals surface area contributed by atoms with Crippen molar-refractivity contribution in [2.75, 3.05) is 0 Å². The lowest BCUT2D eigenvalue weighted by atomic mass is 9.94. The van der Waals surface area contributed by atoms with E-state index in [4.69, 9.17) is 0 Å². The first kappa shape index (κ1) is 38.9. The molecule has 0 spiro atoms. The largest absolute Gasteiger partial charge is 0.309 e. The van der Waals surface area contributed by atoms with Crippen LogP contribution in [-0.4, -0.2) is 9.13 Å². The zero-order valence-corrected chi connectivity index (χ0v) is 36.4. The summed E-state index contributed by atoms with van der Waals surface area (Å²) >= 11 is 0. The molecule has 2 heteroatoms. The Morgan fingerprint density at radius 3 is 0.984 bits per heavy atom. The summed E-state index contributed by atoms with van der Waals surface area (Å²) in [6.45, 7) is 10.5. The van der Waals surface area contributed by atoms with E-state index in [1.165, 1.54) is 122 Å². The molecule has 64 heavy (non-hydrogen) atoms. The molecule has 306 valence electrons. The van der Waals surface area contributed by atoms with Gasteiger partial charge in [-0.3, -0.25) is 0 Å². The van der Waals surface area contributed by atoms with Crippen LogP contribution in [0.1, 0.15) is 36.1 Å². The summed E-state index contributed by atoms with van der Waals surface area (Å²) in [4.78, 5) is 0. The zero-order valence-electron chi connectivity index (χ0n) is 36.4. The van der Waals surface area contributed by atoms with E-state index in [0.29, 0.717) is 0 Å². The van der Waals surface area contributed by atoms with Crippen LogP contribution >= 0.6 is 0 Å². The zero-order chi connectivity index (χ0) is 43.3. The quantitative estimate of drug-likeness (QED) is 0.157. The summed E-state index contributed by atoms with van der Waals surface area (Å²) in [6, 6.07) is 72.4. The molecule has 0 saturated heterocycles. The number of nitrogens with zero attached hydrogens (tertiary/aromatic N) is 2. The summed E-state index contributed by atoms with van der Waals surface area (Å²) in [7, 11) is 0. The van der Waals surface area contributed by atoms with Gasteiger partial charge in [0.1, 0.15) is 0 Å². The highest BCUT2D eigenvalue weighted by Crippen LogP contribution is 2.44. The average molecular weight is 821 g/mol. The molecule has 0 N–H and O–H groups in total. The second-order valence-electron chi connectivity index (χ2n) is 16.9. The van der Waals surface area contributed by atoms with E-state index < -0.39 is 0 Å². The van der Waals surface area contributed by atoms with Crippen LogP contribution in [0.25, 0.3) is 99.5 Å². The number of hydrogen-bond acceptors (Lipinski definition) is 0. The third-order valence-corrected chi connectivity index (χ3v) is 13.0. The molecule has 0 radical (unpaired) electrons. The maximum atomic E-state index is 3.36. The van der Waals surface area contributed by atoms with Crippen LogP contribution in [0.15, 0.2) is 219 Å². The van der Waals surface area contributed by atoms with Gasteiger partial charge >= 0.3 is 0 Å². The number of aromatic nitrogens is 2. The molecule has 2 aliphatic rings. The van der Waals surface area contributed by atoms with Gasteiger partial charge in [-0.05, 0) is 160 Å². The van der Waals surface area contributed by atoms with Crippen molar-refractivity contribution in [1.82, 2.24) is 9.13 Å². The van der Waals surface area contributed by atoms with E-state index in [-0.39, 0.29) is 0 Å². The second kappa shape index (κ2) is 16.1. The van der Waals surface area contributed by atoms with Gasteiger partial charge in [0, 0.05) is 32.9 Å². The second-order valence-corrected chi connectivity index (χ2v) is 16.9. The van der Waals surface area contributed by atoms with Gasteiger partial charge in [0.15, 0.2) is 0 Å². The van der Waals surface area contributed by atoms with Gasteiger partial charge in [0.05, 0.1) is 22.1 Å². The van der Waals surface area contributed by atoms with Gasteiger partial charge in [-0.2, -0.15) is 0 Å². The normalized spacial score (nSPS) is 11.9. The molecule has 0 bridgehead atoms. The molecule has 13 rings (SSSR count). The van der Waals surface area contributed by atoms with Crippen LogP contribution in [0.4, 0.5) is 0 Å². The van der Waals surface area contributed by atoms with Gasteiger partial charge in [0.25, 0.3) is 0 Å². The van der Waals surface area contributed by atoms with Crippen molar-refractivity contribution in [2.24, 2.45) is 0 Å². The molecule has 11 aromatic rings. The molecule has 2 nitrogen and oxygen atoms in total. The van der Waals surface area contributed by atoms with Crippen LogP contribution in [0.3, 0.4) is 0 Å². The van der Waals surface area contributed by atoms with Gasteiger partial charge in [0.2, 0.25) is 0 Å². The molecule has 2 aromatic heterocycles. The lowest BCUT2D eigenvalue weighted by Crippen LogP contribution is -1.94. The van der Waals surface area contributed by atoms with E-state index in [9.17, 15) is 0 Å². The van der Waals surface area contributed by atoms with Crippen molar-refractivity contribution in [3.05, 3.63) is 242 Å². The van der Waals surface area contributed by atoms with Crippen molar-refractivity contribution in [1.29, 1.82) is 0 Å². The minimum absolute atomic E-state index is 0.966. The molecule has 0 amide bonds. The van der Waals surface area contributed by atoms with Gasteiger partial charge in [-0.15, -0.1) is 13.2 Å². The Kier molecular flexibility index (Phi) is 9.78. The fourth-order valence-corrected chi connectivity index (χ4v) is 10.2. The van der Waals surface area contributed by atoms with Crippen LogP contribution in [-0.2, 0) is 12.8 Å². The number of para-hydroxylation sites is 4. The average Bonchev–Trinajstić information content (AvgIpc) is 4.09. The molecule has 2 heterocycles. The van der Waals surface area contributed by atoms with E-state index in [1.54, 1.807) is 12.2 Å². The number of rotatable bonds is 4. The van der Waals surface area contributed by atoms with Crippen LogP contribution < -0.4 is 0 Å². The smallest absolute Gasteiger partial charge is 0.0541 e. The van der Waals surface area contributed by atoms with E-state index >= 15 is 0 Å². The number of benzene rings is 9. The molecule has 9 aromatic carbocycles. The fourth-order valence-electron chi connectivity index (χ4n) is 10.2. The Morgan fingerprint density at radius 2 is 0.625 bits per heavy atom. The number of hydrogen-bond donors (Lipinski definition) is 0. The highest BCUT2D eigenvalue weighted by Gasteiger charge is 2.23. The van der Waals surface area contributed by atoms with Crippen LogP contribution in [0, 0.1) is 0 Å². The summed E-state index contributed by atoms with van der Waals surface area (Å²) in [5.41, 5.74) is 23.3. The third-order valence-electron chi connectivity index (χ3n) is 13.0. The van der Waals surface area contributed by atoms with Crippen molar-refractivity contribution in [3.63, 3.8) is 0 Å². The minimum Gasteiger partial charge on any atom is -0.309 e. The van der Waals surface area contributed by atoms with E-state index in [1.807, 2.05) is 13.8 Å². The molecule has 2 aliphatic carbocycles. The van der Waals surface area contributed by atoms with Crippen LogP contribution in [0.5, 0.6) is 0 Å². The van der Waals surface area contributed by atoms with Crippen molar-refractivity contribution in [2.45, 2.75) is 26.7 Å². The minimum atomic E-state index is 0.966. The monoisotopic (exact) mass is 820 g/mol. The predicted molar refractivity (Wildman–Crippen MR) is 274 cm³/mol. The third kappa shape index (κ3) is 6.41. The Bertz CT molecular complexity index is 3290. The highest BCUT2D eigenvalue weighted by atomic mass is 15.0. The Labute approximate surface area is 375 Å². The number of fused-ring (bicyclic) bond motifs is 12. The van der Waals surface area contributed by atoms with E-state index in [0.717, 1.165) is 12.8 Å². The Hall–Kier alpha value is -7.94. The first-order valence-corrected chi connectivity index (χ1v) is 22.3. The lowest BCUT2D eigenvalue weighted by Gasteiger charge is -2.12. The highest BCUT2D eigenvalue weighted by molar-refractivity contribution is 6.10. The van der Waals surface area contributed by atoms with Gasteiger partial charge < -0.3 is 9.13 Å². The topological polar surface area (TPSA) is 9.86 Å². The first-order chi connectivity index (χ1) is 31.6. The molecule has 0 atom stereocenters. The fraction of sp³-hybridized carbons (Fsp3) is 0.0645. The predicted octanol–water partition coefficient (Wildman–Crippen LogP) is 16.7. The summed E-state index contributed by atoms with van der Waals surface area (Å²) < 4.78 is 4.85. The lowest BCUT2D eigenvalue weighted by molar-refractivity contribution is 1.17. The SMILES string of the molecule is C=CC.C=CC.c1cc(-c2ccc3c(c2)-c2cc(-n4c5ccccc5c5ccccc54)ccc2C3)cc(-c2ccc3c(c2)-c2cc(-n4c5ccccc5c5ccccc54)ccc2C3)c1. The summed E-state index contributed by atoms with van der Waals surface area (Å²) in [5.74, 6) is 0. The maximum absolute atomic E-state index is 3.36. The molecular formula is C62H48N2. The molecule has 0 fully saturated rings. The molecular weight excluding hydrogens is 773 g/mol. The molecule has 0 aliphatic heterocycles. The summed E-state index contributed by atoms with van der Waals surface area (Å²) in [5, 5.41) is 5.16. The van der Waals surface area contributed by atoms with Gasteiger partial charge in [-0.1, -0.05) is 140 Å². The Balaban J connectivity index is 0.000000723. The maximum Gasteiger partial charge on any atom is 0.0541 e. The first-order valence-electron chi connectivity index (χ1n) is 22.3. The molecule has 0 unspecified atom stereocenters. The number of allylic oxidation sites excluding steroid dienone is 2.